The van der Waals surface area contributed by atoms with Gasteiger partial charge in [0.2, 0.25) is 5.91 Å². The summed E-state index contributed by atoms with van der Waals surface area (Å²) in [4.78, 5) is 12.2. The number of hydrogen-bond acceptors (Lipinski definition) is 3. The summed E-state index contributed by atoms with van der Waals surface area (Å²) in [5.74, 6) is 0.682. The summed E-state index contributed by atoms with van der Waals surface area (Å²) in [7, 11) is 0. The lowest BCUT2D eigenvalue weighted by molar-refractivity contribution is -0.131. The average Bonchev–Trinajstić information content (AvgIpc) is 3.14. The van der Waals surface area contributed by atoms with Crippen LogP contribution in [0.3, 0.4) is 0 Å². The molecule has 0 aromatic heterocycles. The molecule has 1 amide bonds. The van der Waals surface area contributed by atoms with Gasteiger partial charge >= 0.3 is 0 Å². The maximum atomic E-state index is 12.2. The Kier molecular flexibility index (Phi) is 4.56. The fourth-order valence-corrected chi connectivity index (χ4v) is 3.22. The molecule has 0 bridgehead atoms. The molecule has 0 aliphatic carbocycles. The summed E-state index contributed by atoms with van der Waals surface area (Å²) in [6.45, 7) is 4.18. The van der Waals surface area contributed by atoms with E-state index in [2.05, 4.69) is 24.4 Å². The smallest absolute Gasteiger partial charge is 0.249 e. The lowest BCUT2D eigenvalue weighted by Gasteiger charge is -2.21. The number of carbonyl (C=O) groups excluding carboxylic acids is 1. The zero-order valence-electron chi connectivity index (χ0n) is 12.5. The van der Waals surface area contributed by atoms with Gasteiger partial charge in [0.25, 0.3) is 0 Å². The van der Waals surface area contributed by atoms with Gasteiger partial charge in [-0.05, 0) is 24.3 Å². The van der Waals surface area contributed by atoms with Crippen molar-refractivity contribution in [3.63, 3.8) is 0 Å². The van der Waals surface area contributed by atoms with Gasteiger partial charge in [-0.2, -0.15) is 0 Å². The molecule has 1 aromatic rings. The number of nitrogens with one attached hydrogen (secondary N) is 1. The van der Waals surface area contributed by atoms with Gasteiger partial charge in [0.05, 0.1) is 6.10 Å². The van der Waals surface area contributed by atoms with E-state index >= 15 is 0 Å². The molecule has 1 aromatic carbocycles. The minimum atomic E-state index is -0.275. The third-order valence-corrected chi connectivity index (χ3v) is 4.53. The van der Waals surface area contributed by atoms with Gasteiger partial charge < -0.3 is 14.8 Å². The molecule has 0 spiro atoms. The van der Waals surface area contributed by atoms with E-state index < -0.39 is 0 Å². The van der Waals surface area contributed by atoms with Gasteiger partial charge in [0.1, 0.15) is 6.10 Å². The van der Waals surface area contributed by atoms with Crippen molar-refractivity contribution in [2.45, 2.75) is 32.0 Å². The van der Waals surface area contributed by atoms with Crippen molar-refractivity contribution >= 4 is 5.91 Å². The first-order valence-electron chi connectivity index (χ1n) is 7.81. The predicted molar refractivity (Wildman–Crippen MR) is 79.8 cm³/mol. The van der Waals surface area contributed by atoms with Crippen molar-refractivity contribution in [2.75, 3.05) is 19.8 Å². The van der Waals surface area contributed by atoms with Crippen LogP contribution in [0.2, 0.25) is 0 Å². The summed E-state index contributed by atoms with van der Waals surface area (Å²) in [5, 5.41) is 3.05. The summed E-state index contributed by atoms with van der Waals surface area (Å²) in [6, 6.07) is 10.2. The Bertz CT molecular complexity index is 476. The minimum Gasteiger partial charge on any atom is -0.373 e. The van der Waals surface area contributed by atoms with E-state index in [1.54, 1.807) is 0 Å². The van der Waals surface area contributed by atoms with E-state index in [9.17, 15) is 4.79 Å². The fraction of sp³-hybridized carbons (Fsp3) is 0.588. The zero-order chi connectivity index (χ0) is 14.7. The monoisotopic (exact) mass is 289 g/mol. The second-order valence-electron chi connectivity index (χ2n) is 6.05. The van der Waals surface area contributed by atoms with Crippen LogP contribution in [0.15, 0.2) is 30.3 Å². The van der Waals surface area contributed by atoms with Crippen LogP contribution in [-0.2, 0) is 14.3 Å². The molecule has 2 heterocycles. The Hall–Kier alpha value is -1.39. The van der Waals surface area contributed by atoms with E-state index in [0.29, 0.717) is 25.0 Å². The molecule has 1 N–H and O–H groups in total. The molecular weight excluding hydrogens is 266 g/mol. The van der Waals surface area contributed by atoms with Crippen LogP contribution in [0.5, 0.6) is 0 Å². The second-order valence-corrected chi connectivity index (χ2v) is 6.05. The van der Waals surface area contributed by atoms with Gasteiger partial charge in [-0.1, -0.05) is 37.3 Å². The van der Waals surface area contributed by atoms with Crippen LogP contribution < -0.4 is 5.32 Å². The third kappa shape index (κ3) is 3.27. The zero-order valence-corrected chi connectivity index (χ0v) is 12.5. The fourth-order valence-electron chi connectivity index (χ4n) is 3.22. The number of hydrogen-bond donors (Lipinski definition) is 1. The highest BCUT2D eigenvalue weighted by atomic mass is 16.5. The largest absolute Gasteiger partial charge is 0.373 e. The maximum Gasteiger partial charge on any atom is 0.249 e. The lowest BCUT2D eigenvalue weighted by atomic mass is 9.95. The highest BCUT2D eigenvalue weighted by Gasteiger charge is 2.33. The first-order valence-corrected chi connectivity index (χ1v) is 7.81. The van der Waals surface area contributed by atoms with Crippen molar-refractivity contribution in [2.24, 2.45) is 11.8 Å². The number of amides is 1. The average molecular weight is 289 g/mol. The third-order valence-electron chi connectivity index (χ3n) is 4.53. The van der Waals surface area contributed by atoms with Crippen LogP contribution in [0.1, 0.15) is 31.4 Å². The molecule has 4 heteroatoms. The maximum absolute atomic E-state index is 12.2. The van der Waals surface area contributed by atoms with Gasteiger partial charge in [-0.3, -0.25) is 4.79 Å². The molecule has 0 saturated carbocycles. The van der Waals surface area contributed by atoms with Crippen LogP contribution in [-0.4, -0.2) is 31.8 Å². The Labute approximate surface area is 125 Å². The van der Waals surface area contributed by atoms with Crippen LogP contribution in [0.25, 0.3) is 0 Å². The molecule has 0 unspecified atom stereocenters. The first kappa shape index (κ1) is 14.5. The van der Waals surface area contributed by atoms with Gasteiger partial charge in [0, 0.05) is 25.7 Å². The summed E-state index contributed by atoms with van der Waals surface area (Å²) >= 11 is 0. The molecule has 2 saturated heterocycles. The molecule has 4 atom stereocenters. The molecular formula is C17H23NO3. The summed E-state index contributed by atoms with van der Waals surface area (Å²) < 4.78 is 11.4. The molecule has 2 aliphatic heterocycles. The topological polar surface area (TPSA) is 47.6 Å². The lowest BCUT2D eigenvalue weighted by Crippen LogP contribution is -2.40. The quantitative estimate of drug-likeness (QED) is 0.925. The predicted octanol–water partition coefficient (Wildman–Crippen LogP) is 2.31. The van der Waals surface area contributed by atoms with Crippen molar-refractivity contribution in [1.29, 1.82) is 0 Å². The normalized spacial score (nSPS) is 32.2. The molecule has 21 heavy (non-hydrogen) atoms. The molecule has 0 radical (unpaired) electrons. The molecule has 3 rings (SSSR count). The molecule has 2 aliphatic rings. The Morgan fingerprint density at radius 3 is 2.67 bits per heavy atom. The van der Waals surface area contributed by atoms with Crippen molar-refractivity contribution in [3.05, 3.63) is 35.9 Å². The van der Waals surface area contributed by atoms with Crippen molar-refractivity contribution < 1.29 is 14.3 Å². The summed E-state index contributed by atoms with van der Waals surface area (Å²) in [5.41, 5.74) is 1.19. The number of carbonyl (C=O) groups is 1. The minimum absolute atomic E-state index is 0.0266. The standard InChI is InChI=1S/C17H23NO3/c1-12-7-9-20-15(12)17(19)18-11-14-8-10-21-16(14)13-5-3-2-4-6-13/h2-6,12,14-16H,7-11H2,1H3,(H,18,19)/t12-,14-,15+,16-/m1/s1. The SMILES string of the molecule is C[C@@H]1CCO[C@@H]1C(=O)NC[C@H]1CCO[C@@H]1c1ccccc1. The van der Waals surface area contributed by atoms with Crippen LogP contribution >= 0.6 is 0 Å². The Morgan fingerprint density at radius 2 is 1.95 bits per heavy atom. The number of rotatable bonds is 4. The van der Waals surface area contributed by atoms with E-state index in [1.165, 1.54) is 5.56 Å². The van der Waals surface area contributed by atoms with Gasteiger partial charge in [-0.15, -0.1) is 0 Å². The van der Waals surface area contributed by atoms with Crippen molar-refractivity contribution in [3.8, 4) is 0 Å². The molecule has 114 valence electrons. The number of benzene rings is 1. The molecule has 4 nitrogen and oxygen atoms in total. The Balaban J connectivity index is 1.56. The molecule has 2 fully saturated rings. The van der Waals surface area contributed by atoms with E-state index in [0.717, 1.165) is 19.4 Å². The van der Waals surface area contributed by atoms with Crippen molar-refractivity contribution in [1.82, 2.24) is 5.32 Å². The van der Waals surface area contributed by atoms with E-state index in [-0.39, 0.29) is 18.1 Å². The van der Waals surface area contributed by atoms with E-state index in [4.69, 9.17) is 9.47 Å². The Morgan fingerprint density at radius 1 is 1.19 bits per heavy atom. The highest BCUT2D eigenvalue weighted by Crippen LogP contribution is 2.34. The van der Waals surface area contributed by atoms with Crippen LogP contribution in [0, 0.1) is 11.8 Å². The highest BCUT2D eigenvalue weighted by molar-refractivity contribution is 5.81. The summed E-state index contributed by atoms with van der Waals surface area (Å²) in [6.07, 6.45) is 1.77. The second kappa shape index (κ2) is 6.58. The van der Waals surface area contributed by atoms with Crippen LogP contribution in [0.4, 0.5) is 0 Å². The van der Waals surface area contributed by atoms with Gasteiger partial charge in [-0.25, -0.2) is 0 Å². The van der Waals surface area contributed by atoms with Gasteiger partial charge in [0.15, 0.2) is 0 Å². The van der Waals surface area contributed by atoms with E-state index in [1.807, 2.05) is 18.2 Å². The number of ether oxygens (including phenoxy) is 2. The first-order chi connectivity index (χ1) is 10.3.